The molecule has 2 heterocycles. The number of nitrogens with one attached hydrogen (secondary N) is 1. The number of benzene rings is 1. The molecule has 2 aromatic rings. The Morgan fingerprint density at radius 3 is 3.05 bits per heavy atom. The second-order valence-corrected chi connectivity index (χ2v) is 5.62. The van der Waals surface area contributed by atoms with Crippen molar-refractivity contribution in [2.24, 2.45) is 0 Å². The molecule has 0 amide bonds. The zero-order valence-electron chi connectivity index (χ0n) is 12.1. The fraction of sp³-hybridized carbons (Fsp3) is 0.500. The Morgan fingerprint density at radius 2 is 2.33 bits per heavy atom. The molecule has 2 unspecified atom stereocenters. The van der Waals surface area contributed by atoms with Gasteiger partial charge in [-0.1, -0.05) is 0 Å². The molecule has 7 nitrogen and oxygen atoms in total. The third-order valence-corrected chi connectivity index (χ3v) is 4.12. The van der Waals surface area contributed by atoms with Gasteiger partial charge in [-0.3, -0.25) is 10.1 Å². The number of oxazole rings is 1. The summed E-state index contributed by atoms with van der Waals surface area (Å²) in [6.45, 7) is 3.23. The predicted molar refractivity (Wildman–Crippen MR) is 79.4 cm³/mol. The smallest absolute Gasteiger partial charge is 0.295 e. The van der Waals surface area contributed by atoms with Gasteiger partial charge in [-0.2, -0.15) is 4.98 Å². The maximum Gasteiger partial charge on any atom is 0.295 e. The van der Waals surface area contributed by atoms with Gasteiger partial charge in [0.15, 0.2) is 5.58 Å². The van der Waals surface area contributed by atoms with Crippen molar-refractivity contribution in [2.45, 2.75) is 31.8 Å². The normalized spacial score (nSPS) is 23.3. The van der Waals surface area contributed by atoms with Gasteiger partial charge in [-0.05, 0) is 32.9 Å². The lowest BCUT2D eigenvalue weighted by atomic mass is 9.99. The summed E-state index contributed by atoms with van der Waals surface area (Å²) in [5.74, 6) is 0. The van der Waals surface area contributed by atoms with Crippen molar-refractivity contribution in [3.05, 3.63) is 28.3 Å². The Hall–Kier alpha value is -2.15. The largest absolute Gasteiger partial charge is 0.424 e. The highest BCUT2D eigenvalue weighted by Crippen LogP contribution is 2.25. The van der Waals surface area contributed by atoms with E-state index < -0.39 is 4.92 Å². The summed E-state index contributed by atoms with van der Waals surface area (Å²) >= 11 is 0. The summed E-state index contributed by atoms with van der Waals surface area (Å²) in [6.07, 6.45) is 2.05. The molecule has 0 spiro atoms. The van der Waals surface area contributed by atoms with Crippen LogP contribution in [0.15, 0.2) is 22.6 Å². The zero-order valence-corrected chi connectivity index (χ0v) is 12.1. The fourth-order valence-electron chi connectivity index (χ4n) is 2.69. The summed E-state index contributed by atoms with van der Waals surface area (Å²) in [5.41, 5.74) is 1.09. The molecule has 0 radical (unpaired) electrons. The van der Waals surface area contributed by atoms with Crippen molar-refractivity contribution < 1.29 is 9.34 Å². The van der Waals surface area contributed by atoms with Crippen molar-refractivity contribution in [3.63, 3.8) is 0 Å². The Balaban J connectivity index is 1.77. The molecule has 1 N–H and O–H groups in total. The molecular weight excluding hydrogens is 272 g/mol. The number of fused-ring (bicyclic) bond motifs is 1. The molecule has 7 heteroatoms. The Kier molecular flexibility index (Phi) is 3.50. The average molecular weight is 290 g/mol. The van der Waals surface area contributed by atoms with Gasteiger partial charge in [0.25, 0.3) is 11.7 Å². The maximum atomic E-state index is 10.8. The number of piperidine rings is 1. The second-order valence-electron chi connectivity index (χ2n) is 5.62. The van der Waals surface area contributed by atoms with Crippen LogP contribution in [0.2, 0.25) is 0 Å². The number of nitro groups is 1. The number of non-ortho nitro benzene ring substituents is 1. The maximum absolute atomic E-state index is 10.8. The van der Waals surface area contributed by atoms with Gasteiger partial charge in [0.05, 0.1) is 4.92 Å². The minimum atomic E-state index is -0.431. The first kappa shape index (κ1) is 13.8. The average Bonchev–Trinajstić information content (AvgIpc) is 2.84. The first-order valence-corrected chi connectivity index (χ1v) is 7.04. The van der Waals surface area contributed by atoms with Crippen LogP contribution < -0.4 is 5.32 Å². The lowest BCUT2D eigenvalue weighted by molar-refractivity contribution is -0.384. The topological polar surface area (TPSA) is 84.4 Å². The Bertz CT molecular complexity index is 669. The molecule has 112 valence electrons. The molecule has 1 aliphatic heterocycles. The van der Waals surface area contributed by atoms with Crippen LogP contribution >= 0.6 is 0 Å². The minimum Gasteiger partial charge on any atom is -0.424 e. The molecule has 3 rings (SSSR count). The highest BCUT2D eigenvalue weighted by Gasteiger charge is 2.24. The molecule has 1 saturated heterocycles. The molecule has 0 aliphatic carbocycles. The number of nitrogens with zero attached hydrogens (tertiary/aromatic N) is 3. The third-order valence-electron chi connectivity index (χ3n) is 4.12. The number of aromatic nitrogens is 1. The molecule has 21 heavy (non-hydrogen) atoms. The van der Waals surface area contributed by atoms with Gasteiger partial charge in [0.2, 0.25) is 0 Å². The predicted octanol–water partition coefficient (Wildman–Crippen LogP) is 2.63. The van der Waals surface area contributed by atoms with Crippen LogP contribution in [0.5, 0.6) is 0 Å². The van der Waals surface area contributed by atoms with Gasteiger partial charge in [0, 0.05) is 30.8 Å². The van der Waals surface area contributed by atoms with Crippen LogP contribution in [0.25, 0.3) is 11.1 Å². The SMILES string of the molecule is CC1CC(Nc2nc3cc([N+](=O)[O-])ccc3o2)CCN1C. The first-order valence-electron chi connectivity index (χ1n) is 7.04. The lowest BCUT2D eigenvalue weighted by Crippen LogP contribution is -2.42. The van der Waals surface area contributed by atoms with E-state index in [1.807, 2.05) is 0 Å². The van der Waals surface area contributed by atoms with E-state index in [-0.39, 0.29) is 5.69 Å². The van der Waals surface area contributed by atoms with Crippen LogP contribution in [0.3, 0.4) is 0 Å². The van der Waals surface area contributed by atoms with Crippen molar-refractivity contribution >= 4 is 22.8 Å². The lowest BCUT2D eigenvalue weighted by Gasteiger charge is -2.34. The van der Waals surface area contributed by atoms with Crippen molar-refractivity contribution in [1.82, 2.24) is 9.88 Å². The highest BCUT2D eigenvalue weighted by molar-refractivity contribution is 5.77. The van der Waals surface area contributed by atoms with E-state index >= 15 is 0 Å². The summed E-state index contributed by atoms with van der Waals surface area (Å²) < 4.78 is 5.61. The van der Waals surface area contributed by atoms with Gasteiger partial charge in [0.1, 0.15) is 5.52 Å². The van der Waals surface area contributed by atoms with Crippen molar-refractivity contribution in [3.8, 4) is 0 Å². The first-order chi connectivity index (χ1) is 10.0. The summed E-state index contributed by atoms with van der Waals surface area (Å²) in [4.78, 5) is 17.0. The molecule has 1 aliphatic rings. The van der Waals surface area contributed by atoms with E-state index in [0.717, 1.165) is 19.4 Å². The quantitative estimate of drug-likeness (QED) is 0.691. The van der Waals surface area contributed by atoms with Crippen molar-refractivity contribution in [2.75, 3.05) is 18.9 Å². The summed E-state index contributed by atoms with van der Waals surface area (Å²) in [7, 11) is 2.12. The van der Waals surface area contributed by atoms with E-state index in [1.165, 1.54) is 12.1 Å². The van der Waals surface area contributed by atoms with E-state index in [1.54, 1.807) is 6.07 Å². The number of nitro benzene ring substituents is 1. The number of anilines is 1. The van der Waals surface area contributed by atoms with Gasteiger partial charge in [-0.25, -0.2) is 0 Å². The monoisotopic (exact) mass is 290 g/mol. The summed E-state index contributed by atoms with van der Waals surface area (Å²) in [6, 6.07) is 5.72. The molecule has 0 bridgehead atoms. The van der Waals surface area contributed by atoms with E-state index in [9.17, 15) is 10.1 Å². The summed E-state index contributed by atoms with van der Waals surface area (Å²) in [5, 5.41) is 14.1. The number of hydrogen-bond acceptors (Lipinski definition) is 6. The Labute approximate surface area is 122 Å². The number of rotatable bonds is 3. The molecule has 0 saturated carbocycles. The molecule has 1 aromatic carbocycles. The second kappa shape index (κ2) is 5.33. The van der Waals surface area contributed by atoms with Crippen LogP contribution in [0.4, 0.5) is 11.7 Å². The fourth-order valence-corrected chi connectivity index (χ4v) is 2.69. The van der Waals surface area contributed by atoms with E-state index in [2.05, 4.69) is 29.2 Å². The molecular formula is C14H18N4O3. The number of hydrogen-bond donors (Lipinski definition) is 1. The highest BCUT2D eigenvalue weighted by atomic mass is 16.6. The van der Waals surface area contributed by atoms with Gasteiger partial charge in [-0.15, -0.1) is 0 Å². The van der Waals surface area contributed by atoms with Crippen LogP contribution in [0.1, 0.15) is 19.8 Å². The zero-order chi connectivity index (χ0) is 15.0. The molecule has 1 aromatic heterocycles. The molecule has 1 fully saturated rings. The third kappa shape index (κ3) is 2.82. The standard InChI is InChI=1S/C14H18N4O3/c1-9-7-10(5-6-17(9)2)15-14-16-12-8-11(18(19)20)3-4-13(12)21-14/h3-4,8-10H,5-7H2,1-2H3,(H,15,16). The number of likely N-dealkylation sites (tertiary alicyclic amines) is 1. The van der Waals surface area contributed by atoms with Gasteiger partial charge < -0.3 is 14.6 Å². The van der Waals surface area contributed by atoms with Crippen LogP contribution in [-0.2, 0) is 0 Å². The van der Waals surface area contributed by atoms with E-state index in [0.29, 0.717) is 29.2 Å². The van der Waals surface area contributed by atoms with Crippen LogP contribution in [-0.4, -0.2) is 40.5 Å². The molecule has 2 atom stereocenters. The van der Waals surface area contributed by atoms with Crippen LogP contribution in [0, 0.1) is 10.1 Å². The van der Waals surface area contributed by atoms with Gasteiger partial charge >= 0.3 is 0 Å². The minimum absolute atomic E-state index is 0.0234. The Morgan fingerprint density at radius 1 is 1.52 bits per heavy atom. The van der Waals surface area contributed by atoms with Crippen molar-refractivity contribution in [1.29, 1.82) is 0 Å². The van der Waals surface area contributed by atoms with E-state index in [4.69, 9.17) is 4.42 Å².